The molecule has 158 valence electrons. The van der Waals surface area contributed by atoms with Gasteiger partial charge in [-0.1, -0.05) is 36.4 Å². The fourth-order valence-electron chi connectivity index (χ4n) is 2.78. The van der Waals surface area contributed by atoms with Gasteiger partial charge in [0.2, 0.25) is 10.6 Å². The Hall–Kier alpha value is -2.95. The van der Waals surface area contributed by atoms with Gasteiger partial charge in [0.1, 0.15) is 12.4 Å². The van der Waals surface area contributed by atoms with Crippen molar-refractivity contribution in [1.29, 1.82) is 0 Å². The zero-order valence-corrected chi connectivity index (χ0v) is 16.9. The molecular formula is C19H15BrF4N4O2. The molecule has 2 aromatic carbocycles. The SMILES string of the molecule is O=C(Cn1nc(Br)n(Cc2ccccc2F)c1=O)NCc1ccccc1C(F)(F)F. The van der Waals surface area contributed by atoms with Gasteiger partial charge in [-0.3, -0.25) is 9.36 Å². The highest BCUT2D eigenvalue weighted by atomic mass is 79.9. The van der Waals surface area contributed by atoms with Crippen molar-refractivity contribution in [2.75, 3.05) is 0 Å². The van der Waals surface area contributed by atoms with Gasteiger partial charge in [-0.2, -0.15) is 13.2 Å². The molecule has 0 spiro atoms. The predicted molar refractivity (Wildman–Crippen MR) is 103 cm³/mol. The van der Waals surface area contributed by atoms with Crippen LogP contribution < -0.4 is 11.0 Å². The van der Waals surface area contributed by atoms with E-state index in [4.69, 9.17) is 0 Å². The van der Waals surface area contributed by atoms with Crippen molar-refractivity contribution in [2.45, 2.75) is 25.8 Å². The highest BCUT2D eigenvalue weighted by Gasteiger charge is 2.32. The van der Waals surface area contributed by atoms with Crippen LogP contribution in [0.15, 0.2) is 58.1 Å². The highest BCUT2D eigenvalue weighted by Crippen LogP contribution is 2.31. The average molecular weight is 487 g/mol. The summed E-state index contributed by atoms with van der Waals surface area (Å²) in [5, 5.41) is 6.26. The first-order valence-electron chi connectivity index (χ1n) is 8.65. The van der Waals surface area contributed by atoms with Crippen LogP contribution in [0.5, 0.6) is 0 Å². The van der Waals surface area contributed by atoms with Crippen LogP contribution in [0, 0.1) is 5.82 Å². The van der Waals surface area contributed by atoms with E-state index in [1.54, 1.807) is 6.07 Å². The fourth-order valence-corrected chi connectivity index (χ4v) is 3.25. The summed E-state index contributed by atoms with van der Waals surface area (Å²) in [7, 11) is 0. The Bertz CT molecular complexity index is 1120. The second kappa shape index (κ2) is 8.82. The Labute approximate surface area is 176 Å². The van der Waals surface area contributed by atoms with Crippen molar-refractivity contribution >= 4 is 21.8 Å². The maximum atomic E-state index is 13.8. The van der Waals surface area contributed by atoms with Gasteiger partial charge in [0, 0.05) is 12.1 Å². The number of alkyl halides is 3. The van der Waals surface area contributed by atoms with E-state index in [-0.39, 0.29) is 29.0 Å². The third-order valence-corrected chi connectivity index (χ3v) is 4.84. The maximum Gasteiger partial charge on any atom is 0.416 e. The van der Waals surface area contributed by atoms with Crippen LogP contribution in [-0.2, 0) is 30.6 Å². The van der Waals surface area contributed by atoms with E-state index < -0.39 is 35.7 Å². The summed E-state index contributed by atoms with van der Waals surface area (Å²) in [6, 6.07) is 10.8. The van der Waals surface area contributed by atoms with Gasteiger partial charge < -0.3 is 5.32 Å². The Morgan fingerprint density at radius 1 is 1.07 bits per heavy atom. The zero-order chi connectivity index (χ0) is 21.9. The molecule has 0 saturated heterocycles. The van der Waals surface area contributed by atoms with Crippen LogP contribution in [0.1, 0.15) is 16.7 Å². The quantitative estimate of drug-likeness (QED) is 0.543. The third-order valence-electron chi connectivity index (χ3n) is 4.26. The molecule has 3 aromatic rings. The summed E-state index contributed by atoms with van der Waals surface area (Å²) in [6.45, 7) is -0.969. The first-order chi connectivity index (χ1) is 14.2. The van der Waals surface area contributed by atoms with Crippen LogP contribution in [0.4, 0.5) is 17.6 Å². The first kappa shape index (κ1) is 21.8. The molecule has 0 bridgehead atoms. The van der Waals surface area contributed by atoms with Crippen molar-refractivity contribution in [1.82, 2.24) is 19.7 Å². The first-order valence-corrected chi connectivity index (χ1v) is 9.44. The van der Waals surface area contributed by atoms with Crippen molar-refractivity contribution in [3.8, 4) is 0 Å². The number of nitrogens with one attached hydrogen (secondary N) is 1. The smallest absolute Gasteiger partial charge is 0.350 e. The molecule has 1 heterocycles. The molecule has 0 saturated carbocycles. The minimum Gasteiger partial charge on any atom is -0.350 e. The highest BCUT2D eigenvalue weighted by molar-refractivity contribution is 9.10. The van der Waals surface area contributed by atoms with Gasteiger partial charge in [0.05, 0.1) is 12.1 Å². The van der Waals surface area contributed by atoms with E-state index in [1.165, 1.54) is 36.4 Å². The Balaban J connectivity index is 1.70. The van der Waals surface area contributed by atoms with Gasteiger partial charge in [-0.25, -0.2) is 13.9 Å². The Morgan fingerprint density at radius 2 is 1.70 bits per heavy atom. The van der Waals surface area contributed by atoms with E-state index in [9.17, 15) is 27.2 Å². The van der Waals surface area contributed by atoms with Gasteiger partial charge in [0.15, 0.2) is 0 Å². The molecular weight excluding hydrogens is 472 g/mol. The van der Waals surface area contributed by atoms with E-state index in [1.807, 2.05) is 0 Å². The molecule has 0 aliphatic carbocycles. The number of aromatic nitrogens is 3. The number of nitrogens with zero attached hydrogens (tertiary/aromatic N) is 3. The van der Waals surface area contributed by atoms with Gasteiger partial charge in [-0.15, -0.1) is 5.10 Å². The topological polar surface area (TPSA) is 68.9 Å². The predicted octanol–water partition coefficient (Wildman–Crippen LogP) is 3.33. The monoisotopic (exact) mass is 486 g/mol. The summed E-state index contributed by atoms with van der Waals surface area (Å²) >= 11 is 3.10. The number of carbonyl (C=O) groups excluding carboxylic acids is 1. The molecule has 3 rings (SSSR count). The van der Waals surface area contributed by atoms with Crippen molar-refractivity contribution in [3.05, 3.63) is 86.3 Å². The Morgan fingerprint density at radius 3 is 2.37 bits per heavy atom. The van der Waals surface area contributed by atoms with Crippen molar-refractivity contribution in [3.63, 3.8) is 0 Å². The van der Waals surface area contributed by atoms with E-state index >= 15 is 0 Å². The molecule has 1 aromatic heterocycles. The summed E-state index contributed by atoms with van der Waals surface area (Å²) in [5.74, 6) is -1.19. The lowest BCUT2D eigenvalue weighted by Crippen LogP contribution is -2.34. The number of halogens is 5. The minimum absolute atomic E-state index is 0.0889. The number of hydrogen-bond acceptors (Lipinski definition) is 3. The molecule has 30 heavy (non-hydrogen) atoms. The van der Waals surface area contributed by atoms with Crippen LogP contribution in [-0.4, -0.2) is 20.3 Å². The van der Waals surface area contributed by atoms with Crippen LogP contribution >= 0.6 is 15.9 Å². The second-order valence-electron chi connectivity index (χ2n) is 6.32. The molecule has 0 aliphatic heterocycles. The summed E-state index contributed by atoms with van der Waals surface area (Å²) in [4.78, 5) is 24.6. The zero-order valence-electron chi connectivity index (χ0n) is 15.3. The van der Waals surface area contributed by atoms with Crippen LogP contribution in [0.2, 0.25) is 0 Å². The van der Waals surface area contributed by atoms with E-state index in [0.717, 1.165) is 15.3 Å². The Kier molecular flexibility index (Phi) is 6.40. The largest absolute Gasteiger partial charge is 0.416 e. The normalized spacial score (nSPS) is 11.5. The average Bonchev–Trinajstić information content (AvgIpc) is 2.95. The molecule has 0 unspecified atom stereocenters. The number of benzene rings is 2. The molecule has 11 heteroatoms. The summed E-state index contributed by atoms with van der Waals surface area (Å²) in [5.41, 5.74) is -1.36. The van der Waals surface area contributed by atoms with Crippen molar-refractivity contribution in [2.24, 2.45) is 0 Å². The summed E-state index contributed by atoms with van der Waals surface area (Å²) in [6.07, 6.45) is -4.55. The van der Waals surface area contributed by atoms with Crippen LogP contribution in [0.25, 0.3) is 0 Å². The molecule has 0 atom stereocenters. The third kappa shape index (κ3) is 4.96. The standard InChI is InChI=1S/C19H15BrF4N4O2/c20-17-26-28(18(30)27(17)10-13-6-2-4-8-15(13)21)11-16(29)25-9-12-5-1-3-7-14(12)19(22,23)24/h1-8H,9-11H2,(H,25,29). The lowest BCUT2D eigenvalue weighted by molar-refractivity contribution is -0.138. The molecule has 0 fully saturated rings. The van der Waals surface area contributed by atoms with E-state index in [2.05, 4.69) is 26.3 Å². The maximum absolute atomic E-state index is 13.8. The number of amides is 1. The molecule has 0 aliphatic rings. The molecule has 1 N–H and O–H groups in total. The number of carbonyl (C=O) groups is 1. The summed E-state index contributed by atoms with van der Waals surface area (Å²) < 4.78 is 55.0. The van der Waals surface area contributed by atoms with Crippen molar-refractivity contribution < 1.29 is 22.4 Å². The fraction of sp³-hybridized carbons (Fsp3) is 0.211. The minimum atomic E-state index is -4.55. The molecule has 1 amide bonds. The lowest BCUT2D eigenvalue weighted by Gasteiger charge is -2.13. The number of rotatable bonds is 6. The van der Waals surface area contributed by atoms with Gasteiger partial charge in [-0.05, 0) is 33.6 Å². The molecule has 0 radical (unpaired) electrons. The molecule has 6 nitrogen and oxygen atoms in total. The lowest BCUT2D eigenvalue weighted by atomic mass is 10.1. The van der Waals surface area contributed by atoms with Crippen LogP contribution in [0.3, 0.4) is 0 Å². The van der Waals surface area contributed by atoms with Gasteiger partial charge in [0.25, 0.3) is 0 Å². The second-order valence-corrected chi connectivity index (χ2v) is 7.03. The van der Waals surface area contributed by atoms with Gasteiger partial charge >= 0.3 is 11.9 Å². The number of hydrogen-bond donors (Lipinski definition) is 1. The van der Waals surface area contributed by atoms with E-state index in [0.29, 0.717) is 0 Å².